The average Bonchev–Trinajstić information content (AvgIpc) is 2.32. The van der Waals surface area contributed by atoms with Gasteiger partial charge >= 0.3 is 12.1 Å². The van der Waals surface area contributed by atoms with Gasteiger partial charge in [0.25, 0.3) is 5.91 Å². The van der Waals surface area contributed by atoms with E-state index in [9.17, 15) is 14.4 Å². The Hall–Kier alpha value is -1.85. The van der Waals surface area contributed by atoms with E-state index in [0.29, 0.717) is 6.42 Å². The fraction of sp³-hybridized carbons (Fsp3) is 0.667. The lowest BCUT2D eigenvalue weighted by molar-refractivity contribution is -0.138. The number of carbonyl (C=O) groups is 3. The zero-order valence-electron chi connectivity index (χ0n) is 13.3. The van der Waals surface area contributed by atoms with Crippen molar-refractivity contribution in [3.05, 3.63) is 11.6 Å². The third-order valence-electron chi connectivity index (χ3n) is 2.98. The summed E-state index contributed by atoms with van der Waals surface area (Å²) in [5, 5.41) is 0. The van der Waals surface area contributed by atoms with Crippen LogP contribution < -0.4 is 0 Å². The summed E-state index contributed by atoms with van der Waals surface area (Å²) < 4.78 is 10.0. The van der Waals surface area contributed by atoms with Gasteiger partial charge in [-0.25, -0.2) is 14.5 Å². The Morgan fingerprint density at radius 1 is 1.38 bits per heavy atom. The molecular weight excluding hydrogens is 274 g/mol. The van der Waals surface area contributed by atoms with Gasteiger partial charge in [-0.3, -0.25) is 4.79 Å². The second kappa shape index (κ2) is 6.74. The molecule has 0 N–H and O–H groups in total. The standard InChI is InChI=1S/C15H23NO5/c1-6-20-12(17)9-11-10(2)7-8-16(13(11)18)14(19)21-15(3,4)5/h9-10H,6-8H2,1-5H3/b11-9+/t10-/m0/s1. The second-order valence-electron chi connectivity index (χ2n) is 5.98. The summed E-state index contributed by atoms with van der Waals surface area (Å²) in [6, 6.07) is 0. The highest BCUT2D eigenvalue weighted by atomic mass is 16.6. The van der Waals surface area contributed by atoms with Crippen molar-refractivity contribution in [1.29, 1.82) is 0 Å². The monoisotopic (exact) mass is 297 g/mol. The molecule has 0 aromatic heterocycles. The molecule has 6 nitrogen and oxygen atoms in total. The molecule has 1 rings (SSSR count). The van der Waals surface area contributed by atoms with Crippen molar-refractivity contribution in [1.82, 2.24) is 4.90 Å². The highest BCUT2D eigenvalue weighted by Crippen LogP contribution is 2.25. The number of ether oxygens (including phenoxy) is 2. The largest absolute Gasteiger partial charge is 0.463 e. The number of amides is 2. The number of imide groups is 1. The van der Waals surface area contributed by atoms with Gasteiger partial charge in [0, 0.05) is 18.2 Å². The van der Waals surface area contributed by atoms with Gasteiger partial charge in [-0.05, 0) is 40.0 Å². The van der Waals surface area contributed by atoms with Crippen LogP contribution in [0.3, 0.4) is 0 Å². The van der Waals surface area contributed by atoms with E-state index < -0.39 is 23.6 Å². The Labute approximate surface area is 125 Å². The Morgan fingerprint density at radius 3 is 2.52 bits per heavy atom. The molecule has 1 atom stereocenters. The number of hydrogen-bond acceptors (Lipinski definition) is 5. The summed E-state index contributed by atoms with van der Waals surface area (Å²) in [7, 11) is 0. The van der Waals surface area contributed by atoms with E-state index in [-0.39, 0.29) is 24.6 Å². The molecule has 1 fully saturated rings. The molecule has 0 radical (unpaired) electrons. The van der Waals surface area contributed by atoms with E-state index in [0.717, 1.165) is 4.90 Å². The lowest BCUT2D eigenvalue weighted by Crippen LogP contribution is -2.46. The van der Waals surface area contributed by atoms with Gasteiger partial charge < -0.3 is 9.47 Å². The number of nitrogens with zero attached hydrogens (tertiary/aromatic N) is 1. The van der Waals surface area contributed by atoms with E-state index in [1.165, 1.54) is 6.08 Å². The summed E-state index contributed by atoms with van der Waals surface area (Å²) in [5.41, 5.74) is -0.392. The Balaban J connectivity index is 2.90. The molecule has 6 heteroatoms. The van der Waals surface area contributed by atoms with Crippen molar-refractivity contribution in [2.24, 2.45) is 5.92 Å². The molecule has 118 valence electrons. The molecular formula is C15H23NO5. The van der Waals surface area contributed by atoms with Crippen LogP contribution in [-0.4, -0.2) is 41.6 Å². The van der Waals surface area contributed by atoms with E-state index >= 15 is 0 Å². The van der Waals surface area contributed by atoms with Crippen LogP contribution in [0.4, 0.5) is 4.79 Å². The third kappa shape index (κ3) is 4.88. The maximum atomic E-state index is 12.4. The molecule has 0 aromatic carbocycles. The van der Waals surface area contributed by atoms with Crippen LogP contribution >= 0.6 is 0 Å². The molecule has 0 aromatic rings. The van der Waals surface area contributed by atoms with Crippen molar-refractivity contribution >= 4 is 18.0 Å². The number of hydrogen-bond donors (Lipinski definition) is 0. The smallest absolute Gasteiger partial charge is 0.417 e. The summed E-state index contributed by atoms with van der Waals surface area (Å²) in [4.78, 5) is 36.9. The van der Waals surface area contributed by atoms with Crippen LogP contribution in [-0.2, 0) is 19.1 Å². The van der Waals surface area contributed by atoms with Crippen LogP contribution in [0.1, 0.15) is 41.0 Å². The molecule has 1 aliphatic rings. The van der Waals surface area contributed by atoms with Crippen LogP contribution in [0.25, 0.3) is 0 Å². The van der Waals surface area contributed by atoms with Crippen molar-refractivity contribution in [3.8, 4) is 0 Å². The molecule has 1 aliphatic heterocycles. The lowest BCUT2D eigenvalue weighted by Gasteiger charge is -2.32. The first-order valence-corrected chi connectivity index (χ1v) is 7.09. The average molecular weight is 297 g/mol. The quantitative estimate of drug-likeness (QED) is 0.577. The molecule has 0 spiro atoms. The Morgan fingerprint density at radius 2 is 2.00 bits per heavy atom. The SMILES string of the molecule is CCOC(=O)/C=C1/C(=O)N(C(=O)OC(C)(C)C)CC[C@@H]1C. The maximum absolute atomic E-state index is 12.4. The minimum Gasteiger partial charge on any atom is -0.463 e. The number of carbonyl (C=O) groups excluding carboxylic acids is 3. The van der Waals surface area contributed by atoms with Crippen LogP contribution in [0, 0.1) is 5.92 Å². The van der Waals surface area contributed by atoms with E-state index in [2.05, 4.69) is 0 Å². The molecule has 21 heavy (non-hydrogen) atoms. The Kier molecular flexibility index (Phi) is 5.52. The fourth-order valence-corrected chi connectivity index (χ4v) is 1.95. The van der Waals surface area contributed by atoms with Crippen LogP contribution in [0.2, 0.25) is 0 Å². The zero-order chi connectivity index (χ0) is 16.2. The summed E-state index contributed by atoms with van der Waals surface area (Å²) in [6.07, 6.45) is 1.08. The first-order chi connectivity index (χ1) is 9.65. The molecule has 2 amide bonds. The minimum absolute atomic E-state index is 0.0967. The van der Waals surface area contributed by atoms with Gasteiger partial charge in [0.1, 0.15) is 5.60 Å². The summed E-state index contributed by atoms with van der Waals surface area (Å²) in [6.45, 7) is 9.26. The van der Waals surface area contributed by atoms with Crippen LogP contribution in [0.15, 0.2) is 11.6 Å². The second-order valence-corrected chi connectivity index (χ2v) is 5.98. The van der Waals surface area contributed by atoms with Gasteiger partial charge in [0.05, 0.1) is 6.61 Å². The van der Waals surface area contributed by atoms with Crippen LogP contribution in [0.5, 0.6) is 0 Å². The molecule has 1 saturated heterocycles. The summed E-state index contributed by atoms with van der Waals surface area (Å²) >= 11 is 0. The highest BCUT2D eigenvalue weighted by Gasteiger charge is 2.35. The number of rotatable bonds is 2. The molecule has 0 saturated carbocycles. The van der Waals surface area contributed by atoms with Crippen molar-refractivity contribution in [2.45, 2.75) is 46.6 Å². The van der Waals surface area contributed by atoms with Gasteiger partial charge in [-0.1, -0.05) is 6.92 Å². The van der Waals surface area contributed by atoms with E-state index in [1.807, 2.05) is 6.92 Å². The fourth-order valence-electron chi connectivity index (χ4n) is 1.95. The molecule has 0 bridgehead atoms. The molecule has 1 heterocycles. The highest BCUT2D eigenvalue weighted by molar-refractivity contribution is 6.06. The lowest BCUT2D eigenvalue weighted by atomic mass is 9.92. The summed E-state index contributed by atoms with van der Waals surface area (Å²) in [5.74, 6) is -1.16. The normalized spacial score (nSPS) is 21.4. The topological polar surface area (TPSA) is 72.9 Å². The van der Waals surface area contributed by atoms with Gasteiger partial charge in [0.2, 0.25) is 0 Å². The van der Waals surface area contributed by atoms with Crippen molar-refractivity contribution in [2.75, 3.05) is 13.2 Å². The first-order valence-electron chi connectivity index (χ1n) is 7.09. The molecule has 0 unspecified atom stereocenters. The maximum Gasteiger partial charge on any atom is 0.417 e. The minimum atomic E-state index is -0.686. The first kappa shape index (κ1) is 17.2. The van der Waals surface area contributed by atoms with Gasteiger partial charge in [-0.2, -0.15) is 0 Å². The molecule has 0 aliphatic carbocycles. The van der Waals surface area contributed by atoms with Crippen molar-refractivity contribution in [3.63, 3.8) is 0 Å². The number of esters is 1. The van der Waals surface area contributed by atoms with E-state index in [1.54, 1.807) is 27.7 Å². The third-order valence-corrected chi connectivity index (χ3v) is 2.98. The predicted molar refractivity (Wildman–Crippen MR) is 76.4 cm³/mol. The Bertz CT molecular complexity index is 461. The number of likely N-dealkylation sites (tertiary alicyclic amines) is 1. The van der Waals surface area contributed by atoms with E-state index in [4.69, 9.17) is 9.47 Å². The number of piperidine rings is 1. The van der Waals surface area contributed by atoms with Gasteiger partial charge in [-0.15, -0.1) is 0 Å². The van der Waals surface area contributed by atoms with Gasteiger partial charge in [0.15, 0.2) is 0 Å². The van der Waals surface area contributed by atoms with Crippen molar-refractivity contribution < 1.29 is 23.9 Å². The predicted octanol–water partition coefficient (Wildman–Crippen LogP) is 2.28. The zero-order valence-corrected chi connectivity index (χ0v) is 13.3.